The predicted octanol–water partition coefficient (Wildman–Crippen LogP) is 8.27. The fourth-order valence-corrected chi connectivity index (χ4v) is 7.09. The number of benzene rings is 6. The van der Waals surface area contributed by atoms with Crippen LogP contribution in [0.5, 0.6) is 28.7 Å². The summed E-state index contributed by atoms with van der Waals surface area (Å²) in [6.45, 7) is 1.83. The van der Waals surface area contributed by atoms with E-state index in [4.69, 9.17) is 24.9 Å². The topological polar surface area (TPSA) is 175 Å². The minimum absolute atomic E-state index is 0.00894. The molecule has 0 amide bonds. The van der Waals surface area contributed by atoms with Crippen LogP contribution in [-0.4, -0.2) is 34.2 Å². The summed E-state index contributed by atoms with van der Waals surface area (Å²) in [6, 6.07) is 35.1. The SMILES string of the molecule is COc1ccc(S(=O)(=O)c2ccc(Oc3cccc(C)c3C#N)cc2)cc1.N#Cc1c(F)cccc1F.O=S(=O)(c1ccc(O)cc1)c1ccc(O)cc1. The molecule has 54 heavy (non-hydrogen) atoms. The molecule has 0 atom stereocenters. The lowest BCUT2D eigenvalue weighted by Gasteiger charge is -2.10. The number of aryl methyl sites for hydroxylation is 1. The third-order valence-electron chi connectivity index (χ3n) is 7.45. The van der Waals surface area contributed by atoms with E-state index in [2.05, 4.69) is 6.07 Å². The maximum absolute atomic E-state index is 12.7. The summed E-state index contributed by atoms with van der Waals surface area (Å²) in [7, 11) is -5.71. The van der Waals surface area contributed by atoms with Crippen molar-refractivity contribution in [3.05, 3.63) is 162 Å². The van der Waals surface area contributed by atoms with E-state index in [1.54, 1.807) is 36.4 Å². The van der Waals surface area contributed by atoms with Gasteiger partial charge in [0.2, 0.25) is 19.7 Å². The summed E-state index contributed by atoms with van der Waals surface area (Å²) in [5, 5.41) is 35.6. The maximum Gasteiger partial charge on any atom is 0.206 e. The van der Waals surface area contributed by atoms with Crippen molar-refractivity contribution >= 4 is 19.7 Å². The molecule has 0 saturated carbocycles. The first kappa shape index (κ1) is 40.0. The molecule has 10 nitrogen and oxygen atoms in total. The zero-order valence-corrected chi connectivity index (χ0v) is 30.1. The number of sulfone groups is 2. The highest BCUT2D eigenvalue weighted by Crippen LogP contribution is 2.30. The van der Waals surface area contributed by atoms with Crippen LogP contribution in [0, 0.1) is 41.2 Å². The van der Waals surface area contributed by atoms with E-state index in [1.165, 1.54) is 92.0 Å². The molecule has 0 bridgehead atoms. The summed E-state index contributed by atoms with van der Waals surface area (Å²) in [5.74, 6) is -0.146. The summed E-state index contributed by atoms with van der Waals surface area (Å²) in [5.41, 5.74) is 0.739. The van der Waals surface area contributed by atoms with Crippen LogP contribution in [0.2, 0.25) is 0 Å². The maximum atomic E-state index is 12.7. The minimum atomic E-state index is -3.64. The molecule has 6 aromatic rings. The van der Waals surface area contributed by atoms with E-state index in [0.717, 1.165) is 17.7 Å². The van der Waals surface area contributed by atoms with Crippen molar-refractivity contribution in [1.29, 1.82) is 10.5 Å². The summed E-state index contributed by atoms with van der Waals surface area (Å²) >= 11 is 0. The number of ether oxygens (including phenoxy) is 2. The van der Waals surface area contributed by atoms with E-state index in [0.29, 0.717) is 22.8 Å². The number of nitriles is 2. The molecule has 0 aliphatic rings. The van der Waals surface area contributed by atoms with E-state index < -0.39 is 36.9 Å². The summed E-state index contributed by atoms with van der Waals surface area (Å²) < 4.78 is 85.2. The third kappa shape index (κ3) is 9.77. The minimum Gasteiger partial charge on any atom is -0.508 e. The lowest BCUT2D eigenvalue weighted by Crippen LogP contribution is -2.02. The van der Waals surface area contributed by atoms with Crippen molar-refractivity contribution in [3.63, 3.8) is 0 Å². The van der Waals surface area contributed by atoms with Crippen LogP contribution in [-0.2, 0) is 19.7 Å². The molecule has 0 saturated heterocycles. The van der Waals surface area contributed by atoms with E-state index in [-0.39, 0.29) is 31.1 Å². The lowest BCUT2D eigenvalue weighted by atomic mass is 10.1. The zero-order chi connectivity index (χ0) is 39.5. The highest BCUT2D eigenvalue weighted by atomic mass is 32.2. The lowest BCUT2D eigenvalue weighted by molar-refractivity contribution is 0.414. The van der Waals surface area contributed by atoms with E-state index in [1.807, 2.05) is 13.0 Å². The summed E-state index contributed by atoms with van der Waals surface area (Å²) in [4.78, 5) is 0.536. The van der Waals surface area contributed by atoms with E-state index in [9.17, 15) is 30.9 Å². The van der Waals surface area contributed by atoms with Crippen molar-refractivity contribution in [2.45, 2.75) is 26.5 Å². The van der Waals surface area contributed by atoms with Gasteiger partial charge in [0.05, 0.1) is 32.3 Å². The van der Waals surface area contributed by atoms with Gasteiger partial charge in [0.15, 0.2) is 0 Å². The molecular formula is C40H30F2N2O8S2. The smallest absolute Gasteiger partial charge is 0.206 e. The number of rotatable bonds is 7. The van der Waals surface area contributed by atoms with Gasteiger partial charge in [-0.15, -0.1) is 0 Å². The number of hydrogen-bond donors (Lipinski definition) is 2. The molecule has 0 aliphatic carbocycles. The number of halogens is 2. The van der Waals surface area contributed by atoms with Gasteiger partial charge in [-0.25, -0.2) is 25.6 Å². The molecular weight excluding hydrogens is 739 g/mol. The van der Waals surface area contributed by atoms with Gasteiger partial charge in [-0.2, -0.15) is 10.5 Å². The second kappa shape index (κ2) is 17.7. The number of nitrogens with zero attached hydrogens (tertiary/aromatic N) is 2. The zero-order valence-electron chi connectivity index (χ0n) is 28.5. The molecule has 0 spiro atoms. The third-order valence-corrected chi connectivity index (χ3v) is 11.0. The number of phenolic OH excluding ortho intramolecular Hbond substituents is 2. The molecule has 6 aromatic carbocycles. The fourth-order valence-electron chi connectivity index (χ4n) is 4.57. The van der Waals surface area contributed by atoms with Gasteiger partial charge in [-0.1, -0.05) is 18.2 Å². The number of phenols is 2. The van der Waals surface area contributed by atoms with Crippen LogP contribution < -0.4 is 9.47 Å². The van der Waals surface area contributed by atoms with Gasteiger partial charge >= 0.3 is 0 Å². The second-order valence-electron chi connectivity index (χ2n) is 11.0. The highest BCUT2D eigenvalue weighted by Gasteiger charge is 2.19. The molecule has 274 valence electrons. The first-order valence-electron chi connectivity index (χ1n) is 15.5. The van der Waals surface area contributed by atoms with Crippen molar-refractivity contribution in [1.82, 2.24) is 0 Å². The number of hydrogen-bond acceptors (Lipinski definition) is 10. The standard InChI is InChI=1S/C21H17NO4S.C12H10O4S.C7H3F2N/c1-15-4-3-5-21(20(15)14-22)26-17-8-12-19(13-9-17)27(23,24)18-10-6-16(25-2)7-11-18;13-9-1-5-11(6-2-9)17(15,16)12-7-3-10(14)4-8-12;8-6-2-1-3-7(9)5(6)4-10/h3-13H,1-2H3;1-8,13-14H;1-3H. The van der Waals surface area contributed by atoms with Crippen molar-refractivity contribution in [2.75, 3.05) is 7.11 Å². The van der Waals surface area contributed by atoms with Crippen molar-refractivity contribution < 1.29 is 45.3 Å². The Hall–Kier alpha value is -6.74. The van der Waals surface area contributed by atoms with Gasteiger partial charge in [0.25, 0.3) is 0 Å². The molecule has 2 N–H and O–H groups in total. The van der Waals surface area contributed by atoms with Gasteiger partial charge in [0, 0.05) is 0 Å². The average Bonchev–Trinajstić information content (AvgIpc) is 3.16. The Morgan fingerprint density at radius 2 is 0.907 bits per heavy atom. The monoisotopic (exact) mass is 768 g/mol. The Morgan fingerprint density at radius 3 is 1.28 bits per heavy atom. The normalized spacial score (nSPS) is 10.6. The molecule has 0 unspecified atom stereocenters. The van der Waals surface area contributed by atoms with Gasteiger partial charge in [-0.3, -0.25) is 0 Å². The van der Waals surface area contributed by atoms with Crippen molar-refractivity contribution in [3.8, 4) is 40.9 Å². The average molecular weight is 769 g/mol. The largest absolute Gasteiger partial charge is 0.508 e. The molecule has 0 fully saturated rings. The Balaban J connectivity index is 0.000000204. The van der Waals surface area contributed by atoms with Crippen LogP contribution in [0.15, 0.2) is 153 Å². The molecule has 6 rings (SSSR count). The van der Waals surface area contributed by atoms with Crippen LogP contribution in [0.1, 0.15) is 16.7 Å². The first-order chi connectivity index (χ1) is 25.7. The fraction of sp³-hybridized carbons (Fsp3) is 0.0500. The summed E-state index contributed by atoms with van der Waals surface area (Å²) in [6.07, 6.45) is 0. The quantitative estimate of drug-likeness (QED) is 0.161. The molecule has 0 aliphatic heterocycles. The van der Waals surface area contributed by atoms with Crippen LogP contribution in [0.3, 0.4) is 0 Å². The molecule has 0 radical (unpaired) electrons. The Bertz CT molecular complexity index is 2460. The first-order valence-corrected chi connectivity index (χ1v) is 18.5. The van der Waals surface area contributed by atoms with Gasteiger partial charge in [0.1, 0.15) is 58.1 Å². The van der Waals surface area contributed by atoms with Gasteiger partial charge < -0.3 is 19.7 Å². The predicted molar refractivity (Wildman–Crippen MR) is 194 cm³/mol. The van der Waals surface area contributed by atoms with Gasteiger partial charge in [-0.05, 0) is 128 Å². The number of methoxy groups -OCH3 is 1. The van der Waals surface area contributed by atoms with Crippen LogP contribution in [0.25, 0.3) is 0 Å². The van der Waals surface area contributed by atoms with Crippen LogP contribution in [0.4, 0.5) is 8.78 Å². The Morgan fingerprint density at radius 1 is 0.537 bits per heavy atom. The Kier molecular flexibility index (Phi) is 13.1. The molecule has 0 aromatic heterocycles. The van der Waals surface area contributed by atoms with Crippen LogP contribution >= 0.6 is 0 Å². The molecule has 0 heterocycles. The Labute approximate surface area is 310 Å². The number of aromatic hydroxyl groups is 2. The van der Waals surface area contributed by atoms with E-state index >= 15 is 0 Å². The second-order valence-corrected chi connectivity index (χ2v) is 14.9. The molecule has 14 heteroatoms. The van der Waals surface area contributed by atoms with Crippen molar-refractivity contribution in [2.24, 2.45) is 0 Å². The highest BCUT2D eigenvalue weighted by molar-refractivity contribution is 7.91.